The maximum Gasteiger partial charge on any atom is 0.317 e. The normalized spacial score (nSPS) is 9.75. The molecule has 0 spiro atoms. The van der Waals surface area contributed by atoms with Crippen molar-refractivity contribution in [3.05, 3.63) is 0 Å². The van der Waals surface area contributed by atoms with E-state index in [2.05, 4.69) is 0 Å². The molecule has 0 rings (SSSR count). The standard InChI is InChI=1S/C6H8NO5/c8-2-1-7(3-5(9)10)4-6(11)12/h1,3-4H2,(H,9,10)(H,11,12). The lowest BCUT2D eigenvalue weighted by atomic mass is 10.4. The summed E-state index contributed by atoms with van der Waals surface area (Å²) < 4.78 is 0. The number of carboxylic acid groups (broad SMARTS) is 2. The van der Waals surface area contributed by atoms with Crippen LogP contribution in [0.15, 0.2) is 0 Å². The fourth-order valence-electron chi connectivity index (χ4n) is 0.642. The number of carboxylic acids is 2. The van der Waals surface area contributed by atoms with Crippen molar-refractivity contribution >= 4 is 18.2 Å². The number of hydrogen-bond acceptors (Lipinski definition) is 4. The van der Waals surface area contributed by atoms with E-state index in [1.165, 1.54) is 6.29 Å². The van der Waals surface area contributed by atoms with Crippen LogP contribution in [0, 0.1) is 0 Å². The zero-order chi connectivity index (χ0) is 9.56. The van der Waals surface area contributed by atoms with Crippen LogP contribution in [0.3, 0.4) is 0 Å². The van der Waals surface area contributed by atoms with Gasteiger partial charge >= 0.3 is 11.9 Å². The van der Waals surface area contributed by atoms with Crippen molar-refractivity contribution in [2.24, 2.45) is 0 Å². The Hall–Kier alpha value is -1.43. The summed E-state index contributed by atoms with van der Waals surface area (Å²) in [7, 11) is 0. The first kappa shape index (κ1) is 10.6. The van der Waals surface area contributed by atoms with Gasteiger partial charge in [0.1, 0.15) is 0 Å². The SMILES string of the molecule is O=[C]CN(CC(=O)O)CC(=O)O. The van der Waals surface area contributed by atoms with Crippen LogP contribution in [0.5, 0.6) is 0 Å². The minimum Gasteiger partial charge on any atom is -0.480 e. The van der Waals surface area contributed by atoms with Gasteiger partial charge in [-0.05, 0) is 0 Å². The van der Waals surface area contributed by atoms with E-state index in [-0.39, 0.29) is 6.54 Å². The summed E-state index contributed by atoms with van der Waals surface area (Å²) in [4.78, 5) is 31.0. The van der Waals surface area contributed by atoms with E-state index in [0.717, 1.165) is 4.90 Å². The molecule has 0 aliphatic carbocycles. The number of rotatable bonds is 6. The van der Waals surface area contributed by atoms with Crippen LogP contribution in [0.4, 0.5) is 0 Å². The predicted molar refractivity (Wildman–Crippen MR) is 37.4 cm³/mol. The molecule has 6 nitrogen and oxygen atoms in total. The van der Waals surface area contributed by atoms with Gasteiger partial charge in [-0.1, -0.05) is 0 Å². The van der Waals surface area contributed by atoms with Crippen LogP contribution in [0.25, 0.3) is 0 Å². The van der Waals surface area contributed by atoms with Gasteiger partial charge in [-0.2, -0.15) is 0 Å². The van der Waals surface area contributed by atoms with Gasteiger partial charge < -0.3 is 10.2 Å². The van der Waals surface area contributed by atoms with E-state index in [4.69, 9.17) is 10.2 Å². The lowest BCUT2D eigenvalue weighted by Crippen LogP contribution is -2.35. The van der Waals surface area contributed by atoms with Crippen molar-refractivity contribution in [2.75, 3.05) is 19.6 Å². The summed E-state index contributed by atoms with van der Waals surface area (Å²) in [6.45, 7) is -1.25. The first-order chi connectivity index (χ1) is 5.56. The van der Waals surface area contributed by atoms with Crippen LogP contribution < -0.4 is 0 Å². The molecular formula is C6H8NO5. The van der Waals surface area contributed by atoms with E-state index in [0.29, 0.717) is 0 Å². The summed E-state index contributed by atoms with van der Waals surface area (Å²) in [5.74, 6) is -2.35. The van der Waals surface area contributed by atoms with E-state index >= 15 is 0 Å². The van der Waals surface area contributed by atoms with Crippen molar-refractivity contribution in [1.82, 2.24) is 4.90 Å². The highest BCUT2D eigenvalue weighted by Crippen LogP contribution is 1.85. The van der Waals surface area contributed by atoms with Crippen molar-refractivity contribution in [3.8, 4) is 0 Å². The smallest absolute Gasteiger partial charge is 0.317 e. The predicted octanol–water partition coefficient (Wildman–Crippen LogP) is -1.43. The lowest BCUT2D eigenvalue weighted by molar-refractivity contribution is -0.141. The Labute approximate surface area is 68.4 Å². The van der Waals surface area contributed by atoms with Crippen molar-refractivity contribution in [2.45, 2.75) is 0 Å². The highest BCUT2D eigenvalue weighted by molar-refractivity contribution is 5.73. The van der Waals surface area contributed by atoms with Gasteiger partial charge in [-0.25, -0.2) is 0 Å². The molecule has 12 heavy (non-hydrogen) atoms. The maximum atomic E-state index is 10.1. The van der Waals surface area contributed by atoms with E-state index in [1.54, 1.807) is 0 Å². The van der Waals surface area contributed by atoms with E-state index in [1.807, 2.05) is 0 Å². The Bertz CT molecular complexity index is 174. The Kier molecular flexibility index (Phi) is 4.62. The first-order valence-corrected chi connectivity index (χ1v) is 3.07. The highest BCUT2D eigenvalue weighted by atomic mass is 16.4. The van der Waals surface area contributed by atoms with E-state index < -0.39 is 25.0 Å². The molecule has 0 atom stereocenters. The molecule has 0 aromatic rings. The van der Waals surface area contributed by atoms with Crippen LogP contribution in [-0.2, 0) is 14.4 Å². The fourth-order valence-corrected chi connectivity index (χ4v) is 0.642. The van der Waals surface area contributed by atoms with Crippen LogP contribution in [-0.4, -0.2) is 53.0 Å². The average Bonchev–Trinajstić information content (AvgIpc) is 1.84. The summed E-state index contributed by atoms with van der Waals surface area (Å²) in [6, 6.07) is 0. The second-order valence-electron chi connectivity index (χ2n) is 2.08. The zero-order valence-electron chi connectivity index (χ0n) is 6.19. The summed E-state index contributed by atoms with van der Waals surface area (Å²) in [5.41, 5.74) is 0. The molecule has 0 aromatic carbocycles. The fraction of sp³-hybridized carbons (Fsp3) is 0.500. The monoisotopic (exact) mass is 174 g/mol. The Morgan fingerprint density at radius 2 is 1.58 bits per heavy atom. The lowest BCUT2D eigenvalue weighted by Gasteiger charge is -2.12. The molecule has 67 valence electrons. The van der Waals surface area contributed by atoms with Gasteiger partial charge in [0, 0.05) is 0 Å². The van der Waals surface area contributed by atoms with Gasteiger partial charge in [0.2, 0.25) is 6.29 Å². The number of nitrogens with zero attached hydrogens (tertiary/aromatic N) is 1. The van der Waals surface area contributed by atoms with Crippen molar-refractivity contribution in [3.63, 3.8) is 0 Å². The topological polar surface area (TPSA) is 94.9 Å². The van der Waals surface area contributed by atoms with Gasteiger partial charge in [-0.15, -0.1) is 0 Å². The molecule has 0 amide bonds. The molecular weight excluding hydrogens is 166 g/mol. The molecule has 0 aromatic heterocycles. The molecule has 6 heteroatoms. The minimum absolute atomic E-state index is 0.307. The van der Waals surface area contributed by atoms with Gasteiger partial charge in [0.25, 0.3) is 0 Å². The van der Waals surface area contributed by atoms with Crippen molar-refractivity contribution in [1.29, 1.82) is 0 Å². The summed E-state index contributed by atoms with van der Waals surface area (Å²) >= 11 is 0. The number of carbonyl (C=O) groups is 2. The number of hydrogen-bond donors (Lipinski definition) is 2. The molecule has 0 saturated carbocycles. The van der Waals surface area contributed by atoms with Gasteiger partial charge in [0.15, 0.2) is 0 Å². The first-order valence-electron chi connectivity index (χ1n) is 3.07. The summed E-state index contributed by atoms with van der Waals surface area (Å²) in [6.07, 6.45) is 1.43. The molecule has 0 aliphatic rings. The Balaban J connectivity index is 3.93. The van der Waals surface area contributed by atoms with Gasteiger partial charge in [0.05, 0.1) is 19.6 Å². The average molecular weight is 174 g/mol. The molecule has 0 unspecified atom stereocenters. The van der Waals surface area contributed by atoms with Gasteiger partial charge in [-0.3, -0.25) is 19.3 Å². The highest BCUT2D eigenvalue weighted by Gasteiger charge is 2.12. The second-order valence-corrected chi connectivity index (χ2v) is 2.08. The third-order valence-corrected chi connectivity index (χ3v) is 1.01. The third-order valence-electron chi connectivity index (χ3n) is 1.01. The van der Waals surface area contributed by atoms with Crippen LogP contribution in [0.2, 0.25) is 0 Å². The molecule has 1 radical (unpaired) electrons. The molecule has 0 fully saturated rings. The molecule has 2 N–H and O–H groups in total. The minimum atomic E-state index is -1.17. The largest absolute Gasteiger partial charge is 0.480 e. The molecule has 0 heterocycles. The second kappa shape index (κ2) is 5.25. The Morgan fingerprint density at radius 1 is 1.17 bits per heavy atom. The number of aliphatic carboxylic acids is 2. The van der Waals surface area contributed by atoms with Crippen LogP contribution >= 0.6 is 0 Å². The maximum absolute atomic E-state index is 10.1. The summed E-state index contributed by atoms with van der Waals surface area (Å²) in [5, 5.41) is 16.5. The van der Waals surface area contributed by atoms with Crippen LogP contribution in [0.1, 0.15) is 0 Å². The molecule has 0 saturated heterocycles. The van der Waals surface area contributed by atoms with E-state index in [9.17, 15) is 14.4 Å². The molecule has 0 bridgehead atoms. The third kappa shape index (κ3) is 5.36. The molecule has 0 aliphatic heterocycles. The zero-order valence-corrected chi connectivity index (χ0v) is 6.19. The number of carbonyl (C=O) groups excluding carboxylic acids is 1. The van der Waals surface area contributed by atoms with Crippen molar-refractivity contribution < 1.29 is 24.6 Å². The quantitative estimate of drug-likeness (QED) is 0.512. The Morgan fingerprint density at radius 3 is 1.83 bits per heavy atom.